The lowest BCUT2D eigenvalue weighted by Gasteiger charge is -2.43. The molecule has 8 nitrogen and oxygen atoms in total. The van der Waals surface area contributed by atoms with Crippen molar-refractivity contribution in [3.05, 3.63) is 59.2 Å². The molecule has 1 saturated carbocycles. The molecular formula is C27H26F3N5O3. The summed E-state index contributed by atoms with van der Waals surface area (Å²) in [5, 5.41) is 7.45. The van der Waals surface area contributed by atoms with E-state index in [2.05, 4.69) is 20.8 Å². The number of carbonyl (C=O) groups is 3. The first-order chi connectivity index (χ1) is 18.1. The second-order valence-corrected chi connectivity index (χ2v) is 9.88. The Morgan fingerprint density at radius 1 is 1.16 bits per heavy atom. The maximum absolute atomic E-state index is 13.2. The standard InChI is InChI=1S/C27H26F3N5O3/c1-35(2)21(16-8-9-17(16)24(36)27(28,29)30)13-31-25(37)15-10-18-22-19(12-32-34-26(18)38)23(33-20(22)11-15)14-6-4-3-5-7-14/h3-7,10-12,16-17,21,33H,8-9,13H2,1-2H3,(H,31,37)(H,34,38). The number of ketones is 1. The minimum Gasteiger partial charge on any atom is -0.354 e. The number of H-pyrrole nitrogens is 1. The number of nitrogens with zero attached hydrogens (tertiary/aromatic N) is 2. The second-order valence-electron chi connectivity index (χ2n) is 9.88. The summed E-state index contributed by atoms with van der Waals surface area (Å²) in [5.41, 5.74) is 5.87. The highest BCUT2D eigenvalue weighted by atomic mass is 19.4. The number of halogens is 3. The molecule has 3 atom stereocenters. The van der Waals surface area contributed by atoms with Crippen molar-refractivity contribution in [3.63, 3.8) is 0 Å². The van der Waals surface area contributed by atoms with Crippen LogP contribution in [0.25, 0.3) is 22.2 Å². The van der Waals surface area contributed by atoms with Gasteiger partial charge in [0.15, 0.2) is 0 Å². The summed E-state index contributed by atoms with van der Waals surface area (Å²) in [6, 6.07) is 12.2. The van der Waals surface area contributed by atoms with Crippen molar-refractivity contribution in [3.8, 4) is 11.3 Å². The molecule has 2 aromatic carbocycles. The summed E-state index contributed by atoms with van der Waals surface area (Å²) in [5.74, 6) is -4.29. The van der Waals surface area contributed by atoms with E-state index in [9.17, 15) is 27.6 Å². The Bertz CT molecular complexity index is 1450. The van der Waals surface area contributed by atoms with Crippen LogP contribution in [0.1, 0.15) is 39.1 Å². The predicted molar refractivity (Wildman–Crippen MR) is 136 cm³/mol. The predicted octanol–water partition coefficient (Wildman–Crippen LogP) is 3.73. The first-order valence-electron chi connectivity index (χ1n) is 12.2. The van der Waals surface area contributed by atoms with Crippen LogP contribution >= 0.6 is 0 Å². The minimum absolute atomic E-state index is 0.0477. The summed E-state index contributed by atoms with van der Waals surface area (Å²) < 4.78 is 39.1. The minimum atomic E-state index is -4.88. The fourth-order valence-corrected chi connectivity index (χ4v) is 5.38. The molecule has 3 N–H and O–H groups in total. The average Bonchev–Trinajstić information content (AvgIpc) is 3.14. The molecule has 0 radical (unpaired) electrons. The van der Waals surface area contributed by atoms with Crippen molar-refractivity contribution in [1.82, 2.24) is 20.6 Å². The maximum Gasteiger partial charge on any atom is 0.450 e. The smallest absolute Gasteiger partial charge is 0.354 e. The van der Waals surface area contributed by atoms with Gasteiger partial charge in [0.05, 0.1) is 17.5 Å². The quantitative estimate of drug-likeness (QED) is 0.437. The van der Waals surface area contributed by atoms with Gasteiger partial charge < -0.3 is 15.2 Å². The molecule has 5 rings (SSSR count). The molecule has 0 saturated heterocycles. The zero-order valence-corrected chi connectivity index (χ0v) is 20.7. The van der Waals surface area contributed by atoms with E-state index < -0.39 is 41.7 Å². The monoisotopic (exact) mass is 525 g/mol. The normalized spacial score (nSPS) is 19.6. The van der Waals surface area contributed by atoms with E-state index in [0.29, 0.717) is 22.9 Å². The van der Waals surface area contributed by atoms with Gasteiger partial charge in [0.25, 0.3) is 11.8 Å². The second kappa shape index (κ2) is 9.71. The zero-order valence-electron chi connectivity index (χ0n) is 20.7. The number of nitrogens with one attached hydrogen (secondary N) is 3. The van der Waals surface area contributed by atoms with Gasteiger partial charge in [0, 0.05) is 40.5 Å². The number of hydrogen-bond acceptors (Lipinski definition) is 5. The van der Waals surface area contributed by atoms with Crippen molar-refractivity contribution < 1.29 is 27.6 Å². The van der Waals surface area contributed by atoms with Crippen LogP contribution in [0.4, 0.5) is 13.2 Å². The first-order valence-corrected chi connectivity index (χ1v) is 12.2. The van der Waals surface area contributed by atoms with Gasteiger partial charge in [-0.15, -0.1) is 0 Å². The number of alkyl halides is 3. The maximum atomic E-state index is 13.2. The van der Waals surface area contributed by atoms with Gasteiger partial charge in [-0.05, 0) is 50.6 Å². The van der Waals surface area contributed by atoms with E-state index >= 15 is 0 Å². The Morgan fingerprint density at radius 3 is 2.53 bits per heavy atom. The van der Waals surface area contributed by atoms with E-state index in [-0.39, 0.29) is 24.1 Å². The molecule has 198 valence electrons. The Labute approximate surface area is 216 Å². The molecule has 1 aliphatic heterocycles. The molecule has 1 aliphatic carbocycles. The van der Waals surface area contributed by atoms with Crippen LogP contribution in [0.3, 0.4) is 0 Å². The number of benzene rings is 2. The molecule has 0 bridgehead atoms. The molecule has 3 unspecified atom stereocenters. The van der Waals surface area contributed by atoms with Crippen molar-refractivity contribution in [2.24, 2.45) is 16.9 Å². The third-order valence-corrected chi connectivity index (χ3v) is 7.44. The number of hydrogen-bond donors (Lipinski definition) is 3. The number of aromatic nitrogens is 1. The average molecular weight is 526 g/mol. The van der Waals surface area contributed by atoms with Gasteiger partial charge in [-0.3, -0.25) is 14.4 Å². The molecule has 3 aromatic rings. The molecular weight excluding hydrogens is 499 g/mol. The molecule has 0 spiro atoms. The number of hydrazone groups is 1. The Balaban J connectivity index is 1.42. The highest BCUT2D eigenvalue weighted by Gasteiger charge is 2.51. The number of likely N-dealkylation sites (N-methyl/N-ethyl adjacent to an activating group) is 1. The van der Waals surface area contributed by atoms with E-state index in [4.69, 9.17) is 0 Å². The van der Waals surface area contributed by atoms with Gasteiger partial charge in [-0.2, -0.15) is 18.3 Å². The van der Waals surface area contributed by atoms with E-state index in [1.807, 2.05) is 30.3 Å². The van der Waals surface area contributed by atoms with Crippen LogP contribution in [0, 0.1) is 11.8 Å². The number of Topliss-reactive ketones (excluding diaryl/α,β-unsaturated/α-hetero) is 1. The summed E-state index contributed by atoms with van der Waals surface area (Å²) in [7, 11) is 3.42. The number of amides is 2. The van der Waals surface area contributed by atoms with Crippen molar-refractivity contribution in [2.75, 3.05) is 20.6 Å². The molecule has 38 heavy (non-hydrogen) atoms. The van der Waals surface area contributed by atoms with E-state index in [0.717, 1.165) is 11.3 Å². The number of aromatic amines is 1. The number of rotatable bonds is 7. The molecule has 2 amide bonds. The summed E-state index contributed by atoms with van der Waals surface area (Å²) in [4.78, 5) is 42.9. The summed E-state index contributed by atoms with van der Waals surface area (Å²) >= 11 is 0. The van der Waals surface area contributed by atoms with Crippen molar-refractivity contribution >= 4 is 34.7 Å². The van der Waals surface area contributed by atoms with Crippen LogP contribution in [0.2, 0.25) is 0 Å². The number of carbonyl (C=O) groups excluding carboxylic acids is 3. The van der Waals surface area contributed by atoms with Crippen LogP contribution in [0.15, 0.2) is 47.6 Å². The van der Waals surface area contributed by atoms with Crippen molar-refractivity contribution in [2.45, 2.75) is 25.1 Å². The fraction of sp³-hybridized carbons (Fsp3) is 0.333. The molecule has 1 aromatic heterocycles. The topological polar surface area (TPSA) is 107 Å². The third-order valence-electron chi connectivity index (χ3n) is 7.44. The lowest BCUT2D eigenvalue weighted by molar-refractivity contribution is -0.182. The Morgan fingerprint density at radius 2 is 1.89 bits per heavy atom. The van der Waals surface area contributed by atoms with Gasteiger partial charge in [-0.25, -0.2) is 5.43 Å². The Kier molecular flexibility index (Phi) is 6.56. The molecule has 2 aliphatic rings. The van der Waals surface area contributed by atoms with Crippen LogP contribution in [-0.2, 0) is 4.79 Å². The van der Waals surface area contributed by atoms with Gasteiger partial charge in [-0.1, -0.05) is 30.3 Å². The van der Waals surface area contributed by atoms with Gasteiger partial charge >= 0.3 is 6.18 Å². The third kappa shape index (κ3) is 4.58. The van der Waals surface area contributed by atoms with Gasteiger partial charge in [0.2, 0.25) is 5.78 Å². The highest BCUT2D eigenvalue weighted by molar-refractivity contribution is 6.18. The molecule has 11 heteroatoms. The van der Waals surface area contributed by atoms with Crippen LogP contribution in [0.5, 0.6) is 0 Å². The van der Waals surface area contributed by atoms with E-state index in [1.54, 1.807) is 31.3 Å². The Hall–Kier alpha value is -3.99. The lowest BCUT2D eigenvalue weighted by atomic mass is 9.67. The van der Waals surface area contributed by atoms with Gasteiger partial charge in [0.1, 0.15) is 0 Å². The van der Waals surface area contributed by atoms with Crippen LogP contribution < -0.4 is 10.7 Å². The van der Waals surface area contributed by atoms with E-state index in [1.165, 1.54) is 6.07 Å². The first kappa shape index (κ1) is 25.7. The van der Waals surface area contributed by atoms with Crippen molar-refractivity contribution in [1.29, 1.82) is 0 Å². The summed E-state index contributed by atoms with van der Waals surface area (Å²) in [6.07, 6.45) is -2.67. The lowest BCUT2D eigenvalue weighted by Crippen LogP contribution is -2.53. The fourth-order valence-electron chi connectivity index (χ4n) is 5.38. The SMILES string of the molecule is CN(C)C(CNC(=O)c1cc2c3c(c(-c4ccccc4)[nH]c3c1)C=NNC2=O)C1CCC1C(=O)C(F)(F)F. The zero-order chi connectivity index (χ0) is 27.2. The summed E-state index contributed by atoms with van der Waals surface area (Å²) in [6.45, 7) is 0.0477. The largest absolute Gasteiger partial charge is 0.450 e. The van der Waals surface area contributed by atoms with Crippen LogP contribution in [-0.4, -0.2) is 66.6 Å². The molecule has 1 fully saturated rings. The highest BCUT2D eigenvalue weighted by Crippen LogP contribution is 2.42. The molecule has 2 heterocycles.